The van der Waals surface area contributed by atoms with E-state index in [0.29, 0.717) is 18.3 Å². The van der Waals surface area contributed by atoms with Crippen LogP contribution in [0.15, 0.2) is 23.8 Å². The van der Waals surface area contributed by atoms with Crippen LogP contribution in [0.3, 0.4) is 0 Å². The summed E-state index contributed by atoms with van der Waals surface area (Å²) in [6.45, 7) is 5.97. The van der Waals surface area contributed by atoms with Crippen LogP contribution in [0.5, 0.6) is 0 Å². The molecule has 4 heteroatoms. The number of rotatable bonds is 13. The van der Waals surface area contributed by atoms with Gasteiger partial charge in [-0.3, -0.25) is 4.79 Å². The standard InChI is InChI=1S/C26H44O4/c1-4-5-6-7-8-12-22(27)14-15-23-24-17-20(16-21(24)18-25(23)28)11-9-10-13-26(29)30-19(2)3/h11,14-15,19,21-25,27-28H,4-10,12-13,16-18H2,1-3H3/b15-14+,20-11-/t21-,22-,23+,24-,25+/m0/s1. The zero-order valence-electron chi connectivity index (χ0n) is 19.4. The van der Waals surface area contributed by atoms with Gasteiger partial charge in [-0.15, -0.1) is 0 Å². The SMILES string of the molecule is CCCCCCC[C@H](O)/C=C/[C@@H]1[C@H]2C/C(=C\CCCC(=O)OC(C)C)C[C@H]2C[C@H]1O. The number of hydrogen-bond acceptors (Lipinski definition) is 4. The number of hydrogen-bond donors (Lipinski definition) is 2. The van der Waals surface area contributed by atoms with Crippen LogP contribution in [0.25, 0.3) is 0 Å². The Kier molecular flexibility index (Phi) is 11.2. The molecule has 2 aliphatic rings. The number of carbonyl (C=O) groups excluding carboxylic acids is 1. The molecule has 0 radical (unpaired) electrons. The number of carbonyl (C=O) groups is 1. The molecule has 2 N–H and O–H groups in total. The minimum atomic E-state index is -0.389. The molecule has 2 rings (SSSR count). The van der Waals surface area contributed by atoms with E-state index in [0.717, 1.165) is 44.9 Å². The quantitative estimate of drug-likeness (QED) is 0.227. The maximum Gasteiger partial charge on any atom is 0.306 e. The second-order valence-electron chi connectivity index (χ2n) is 9.66. The fraction of sp³-hybridized carbons (Fsp3) is 0.808. The highest BCUT2D eigenvalue weighted by molar-refractivity contribution is 5.69. The Morgan fingerprint density at radius 3 is 2.67 bits per heavy atom. The summed E-state index contributed by atoms with van der Waals surface area (Å²) in [4.78, 5) is 11.6. The van der Waals surface area contributed by atoms with Gasteiger partial charge in [-0.05, 0) is 64.2 Å². The highest BCUT2D eigenvalue weighted by atomic mass is 16.5. The van der Waals surface area contributed by atoms with Crippen molar-refractivity contribution >= 4 is 5.97 Å². The van der Waals surface area contributed by atoms with Crippen molar-refractivity contribution in [2.45, 2.75) is 116 Å². The van der Waals surface area contributed by atoms with Gasteiger partial charge in [-0.1, -0.05) is 62.8 Å². The Bertz CT molecular complexity index is 565. The molecule has 2 saturated carbocycles. The molecule has 0 amide bonds. The van der Waals surface area contributed by atoms with E-state index in [1.165, 1.54) is 31.3 Å². The molecule has 4 nitrogen and oxygen atoms in total. The van der Waals surface area contributed by atoms with Gasteiger partial charge in [-0.2, -0.15) is 0 Å². The monoisotopic (exact) mass is 420 g/mol. The predicted molar refractivity (Wildman–Crippen MR) is 122 cm³/mol. The van der Waals surface area contributed by atoms with E-state index in [1.807, 2.05) is 19.9 Å². The number of unbranched alkanes of at least 4 members (excludes halogenated alkanes) is 5. The van der Waals surface area contributed by atoms with Crippen molar-refractivity contribution in [3.63, 3.8) is 0 Å². The molecule has 0 bridgehead atoms. The first-order valence-electron chi connectivity index (χ1n) is 12.3. The molecule has 0 aromatic carbocycles. The van der Waals surface area contributed by atoms with Crippen molar-refractivity contribution in [1.29, 1.82) is 0 Å². The highest BCUT2D eigenvalue weighted by Crippen LogP contribution is 2.50. The van der Waals surface area contributed by atoms with Crippen LogP contribution in [0.4, 0.5) is 0 Å². The number of aliphatic hydroxyl groups excluding tert-OH is 2. The van der Waals surface area contributed by atoms with Crippen molar-refractivity contribution in [3.8, 4) is 0 Å². The van der Waals surface area contributed by atoms with Gasteiger partial charge in [0.05, 0.1) is 18.3 Å². The highest BCUT2D eigenvalue weighted by Gasteiger charge is 2.44. The minimum absolute atomic E-state index is 0.0407. The van der Waals surface area contributed by atoms with Crippen LogP contribution in [0.1, 0.15) is 97.8 Å². The van der Waals surface area contributed by atoms with E-state index in [-0.39, 0.29) is 30.2 Å². The molecule has 0 unspecified atom stereocenters. The van der Waals surface area contributed by atoms with Gasteiger partial charge in [0.2, 0.25) is 0 Å². The van der Waals surface area contributed by atoms with E-state index in [9.17, 15) is 15.0 Å². The maximum absolute atomic E-state index is 11.6. The number of ether oxygens (including phenoxy) is 1. The van der Waals surface area contributed by atoms with Gasteiger partial charge in [-0.25, -0.2) is 0 Å². The van der Waals surface area contributed by atoms with Crippen molar-refractivity contribution in [3.05, 3.63) is 23.8 Å². The zero-order chi connectivity index (χ0) is 21.9. The Labute approximate surface area is 183 Å². The zero-order valence-corrected chi connectivity index (χ0v) is 19.4. The Hall–Kier alpha value is -1.13. The van der Waals surface area contributed by atoms with Crippen LogP contribution in [0, 0.1) is 17.8 Å². The van der Waals surface area contributed by atoms with Crippen LogP contribution < -0.4 is 0 Å². The van der Waals surface area contributed by atoms with Gasteiger partial charge in [0.25, 0.3) is 0 Å². The number of aliphatic hydroxyl groups is 2. The Morgan fingerprint density at radius 2 is 1.93 bits per heavy atom. The van der Waals surface area contributed by atoms with Gasteiger partial charge in [0.1, 0.15) is 0 Å². The Balaban J connectivity index is 1.73. The van der Waals surface area contributed by atoms with Crippen molar-refractivity contribution in [1.82, 2.24) is 0 Å². The van der Waals surface area contributed by atoms with Gasteiger partial charge < -0.3 is 14.9 Å². The smallest absolute Gasteiger partial charge is 0.306 e. The molecule has 2 fully saturated rings. The molecular weight excluding hydrogens is 376 g/mol. The fourth-order valence-electron chi connectivity index (χ4n) is 5.12. The molecule has 172 valence electrons. The average molecular weight is 421 g/mol. The second-order valence-corrected chi connectivity index (χ2v) is 9.66. The molecule has 0 aromatic heterocycles. The predicted octanol–water partition coefficient (Wildman–Crippen LogP) is 5.72. The second kappa shape index (κ2) is 13.3. The Morgan fingerprint density at radius 1 is 1.17 bits per heavy atom. The lowest BCUT2D eigenvalue weighted by Crippen LogP contribution is -2.17. The lowest BCUT2D eigenvalue weighted by atomic mass is 9.90. The maximum atomic E-state index is 11.6. The first-order chi connectivity index (χ1) is 14.4. The number of fused-ring (bicyclic) bond motifs is 1. The molecule has 5 atom stereocenters. The molecule has 0 aliphatic heterocycles. The van der Waals surface area contributed by atoms with Crippen LogP contribution in [0.2, 0.25) is 0 Å². The molecule has 30 heavy (non-hydrogen) atoms. The third kappa shape index (κ3) is 8.55. The van der Waals surface area contributed by atoms with E-state index < -0.39 is 0 Å². The van der Waals surface area contributed by atoms with Crippen LogP contribution in [-0.2, 0) is 9.53 Å². The average Bonchev–Trinajstić information content (AvgIpc) is 3.19. The lowest BCUT2D eigenvalue weighted by Gasteiger charge is -2.17. The fourth-order valence-corrected chi connectivity index (χ4v) is 5.12. The van der Waals surface area contributed by atoms with Crippen LogP contribution in [-0.4, -0.2) is 34.5 Å². The normalized spacial score (nSPS) is 28.5. The summed E-state index contributed by atoms with van der Waals surface area (Å²) in [5.74, 6) is 1.10. The third-order valence-electron chi connectivity index (χ3n) is 6.65. The summed E-state index contributed by atoms with van der Waals surface area (Å²) in [6.07, 6.45) is 17.7. The molecular formula is C26H44O4. The summed E-state index contributed by atoms with van der Waals surface area (Å²) in [5, 5.41) is 20.8. The molecule has 0 heterocycles. The molecule has 2 aliphatic carbocycles. The summed E-state index contributed by atoms with van der Waals surface area (Å²) in [6, 6.07) is 0. The van der Waals surface area contributed by atoms with E-state index >= 15 is 0 Å². The van der Waals surface area contributed by atoms with Gasteiger partial charge in [0, 0.05) is 12.3 Å². The number of allylic oxidation sites excluding steroid dienone is 2. The molecule has 0 spiro atoms. The lowest BCUT2D eigenvalue weighted by molar-refractivity contribution is -0.147. The summed E-state index contributed by atoms with van der Waals surface area (Å²) >= 11 is 0. The minimum Gasteiger partial charge on any atom is -0.463 e. The summed E-state index contributed by atoms with van der Waals surface area (Å²) in [7, 11) is 0. The van der Waals surface area contributed by atoms with E-state index in [2.05, 4.69) is 19.1 Å². The van der Waals surface area contributed by atoms with Gasteiger partial charge >= 0.3 is 5.97 Å². The van der Waals surface area contributed by atoms with Crippen molar-refractivity contribution < 1.29 is 19.7 Å². The van der Waals surface area contributed by atoms with Crippen molar-refractivity contribution in [2.75, 3.05) is 0 Å². The van der Waals surface area contributed by atoms with Crippen molar-refractivity contribution in [2.24, 2.45) is 17.8 Å². The van der Waals surface area contributed by atoms with Crippen LogP contribution >= 0.6 is 0 Å². The molecule has 0 saturated heterocycles. The van der Waals surface area contributed by atoms with E-state index in [1.54, 1.807) is 0 Å². The largest absolute Gasteiger partial charge is 0.463 e. The summed E-state index contributed by atoms with van der Waals surface area (Å²) < 4.78 is 5.18. The first-order valence-corrected chi connectivity index (χ1v) is 12.3. The summed E-state index contributed by atoms with van der Waals surface area (Å²) in [5.41, 5.74) is 1.48. The van der Waals surface area contributed by atoms with Gasteiger partial charge in [0.15, 0.2) is 0 Å². The topological polar surface area (TPSA) is 66.8 Å². The molecule has 0 aromatic rings. The number of esters is 1. The first kappa shape index (κ1) is 25.1. The van der Waals surface area contributed by atoms with E-state index in [4.69, 9.17) is 4.74 Å². The third-order valence-corrected chi connectivity index (χ3v) is 6.65.